The van der Waals surface area contributed by atoms with Crippen molar-refractivity contribution < 1.29 is 4.74 Å². The number of rotatable bonds is 6. The number of ether oxygens (including phenoxy) is 1. The van der Waals surface area contributed by atoms with Gasteiger partial charge in [-0.15, -0.1) is 24.0 Å². The number of halogens is 1. The van der Waals surface area contributed by atoms with Gasteiger partial charge >= 0.3 is 0 Å². The summed E-state index contributed by atoms with van der Waals surface area (Å²) in [4.78, 5) is 6.79. The van der Waals surface area contributed by atoms with E-state index >= 15 is 0 Å². The highest BCUT2D eigenvalue weighted by Crippen LogP contribution is 2.26. The fourth-order valence-electron chi connectivity index (χ4n) is 3.75. The predicted molar refractivity (Wildman–Crippen MR) is 130 cm³/mol. The zero-order valence-electron chi connectivity index (χ0n) is 18.0. The molecule has 2 aromatic rings. The van der Waals surface area contributed by atoms with Gasteiger partial charge in [0.25, 0.3) is 0 Å². The molecule has 1 saturated heterocycles. The number of nitrogens with one attached hydrogen (secondary N) is 2. The lowest BCUT2D eigenvalue weighted by molar-refractivity contribution is 0.415. The number of aliphatic imine (C=N–C) groups is 1. The minimum Gasteiger partial charge on any atom is -0.497 e. The fourth-order valence-corrected chi connectivity index (χ4v) is 3.75. The van der Waals surface area contributed by atoms with E-state index in [0.717, 1.165) is 43.6 Å². The third-order valence-corrected chi connectivity index (χ3v) is 5.58. The van der Waals surface area contributed by atoms with Gasteiger partial charge in [-0.2, -0.15) is 5.10 Å². The Balaban J connectivity index is 0.00000300. The van der Waals surface area contributed by atoms with Crippen LogP contribution in [0.1, 0.15) is 23.4 Å². The lowest BCUT2D eigenvalue weighted by Crippen LogP contribution is -2.40. The largest absolute Gasteiger partial charge is 0.497 e. The summed E-state index contributed by atoms with van der Waals surface area (Å²) in [5.41, 5.74) is 4.71. The first kappa shape index (κ1) is 23.3. The number of nitrogens with zero attached hydrogens (tertiary/aromatic N) is 4. The summed E-state index contributed by atoms with van der Waals surface area (Å²) in [6.07, 6.45) is 1.17. The number of hydrogen-bond donors (Lipinski definition) is 2. The molecule has 0 radical (unpaired) electrons. The Bertz CT molecular complexity index is 835. The van der Waals surface area contributed by atoms with Gasteiger partial charge in [-0.25, -0.2) is 0 Å². The van der Waals surface area contributed by atoms with Crippen molar-refractivity contribution in [3.63, 3.8) is 0 Å². The molecule has 1 unspecified atom stereocenters. The summed E-state index contributed by atoms with van der Waals surface area (Å²) in [7, 11) is 5.51. The summed E-state index contributed by atoms with van der Waals surface area (Å²) in [6.45, 7) is 7.89. The van der Waals surface area contributed by atoms with Crippen LogP contribution in [0.5, 0.6) is 5.75 Å². The van der Waals surface area contributed by atoms with Crippen LogP contribution in [0.15, 0.2) is 29.3 Å². The van der Waals surface area contributed by atoms with Crippen LogP contribution < -0.4 is 20.3 Å². The Morgan fingerprint density at radius 3 is 2.76 bits per heavy atom. The molecule has 0 aliphatic carbocycles. The maximum atomic E-state index is 5.35. The maximum absolute atomic E-state index is 5.35. The van der Waals surface area contributed by atoms with Gasteiger partial charge in [0.1, 0.15) is 5.75 Å². The molecule has 3 rings (SSSR count). The molecular weight excluding hydrogens is 479 g/mol. The molecule has 0 amide bonds. The lowest BCUT2D eigenvalue weighted by atomic mass is 10.1. The number of aromatic nitrogens is 2. The van der Waals surface area contributed by atoms with Gasteiger partial charge < -0.3 is 20.3 Å². The SMILES string of the molecule is CN=C(NCc1c(C)nn(C)c1C)NCC1CCN(c2cccc(OC)c2)C1.I. The molecular formula is C21H33IN6O. The van der Waals surface area contributed by atoms with Crippen molar-refractivity contribution in [3.8, 4) is 5.75 Å². The highest BCUT2D eigenvalue weighted by Gasteiger charge is 2.23. The molecule has 2 N–H and O–H groups in total. The van der Waals surface area contributed by atoms with Gasteiger partial charge in [0.15, 0.2) is 5.96 Å². The van der Waals surface area contributed by atoms with E-state index in [1.807, 2.05) is 37.8 Å². The molecule has 7 nitrogen and oxygen atoms in total. The number of benzene rings is 1. The third kappa shape index (κ3) is 5.77. The topological polar surface area (TPSA) is 66.7 Å². The molecule has 1 aliphatic rings. The van der Waals surface area contributed by atoms with E-state index in [-0.39, 0.29) is 24.0 Å². The van der Waals surface area contributed by atoms with Crippen LogP contribution >= 0.6 is 24.0 Å². The van der Waals surface area contributed by atoms with Crippen LogP contribution in [-0.2, 0) is 13.6 Å². The van der Waals surface area contributed by atoms with Crippen molar-refractivity contribution in [3.05, 3.63) is 41.2 Å². The first-order chi connectivity index (χ1) is 13.5. The second-order valence-corrected chi connectivity index (χ2v) is 7.38. The second-order valence-electron chi connectivity index (χ2n) is 7.38. The van der Waals surface area contributed by atoms with Crippen molar-refractivity contribution in [1.82, 2.24) is 20.4 Å². The van der Waals surface area contributed by atoms with Crippen LogP contribution in [0, 0.1) is 19.8 Å². The molecule has 1 fully saturated rings. The van der Waals surface area contributed by atoms with Crippen LogP contribution in [-0.4, -0.2) is 49.5 Å². The quantitative estimate of drug-likeness (QED) is 0.354. The van der Waals surface area contributed by atoms with E-state index < -0.39 is 0 Å². The monoisotopic (exact) mass is 512 g/mol. The van der Waals surface area contributed by atoms with Crippen molar-refractivity contribution in [1.29, 1.82) is 0 Å². The van der Waals surface area contributed by atoms with E-state index in [2.05, 4.69) is 44.7 Å². The number of hydrogen-bond acceptors (Lipinski definition) is 4. The highest BCUT2D eigenvalue weighted by atomic mass is 127. The van der Waals surface area contributed by atoms with E-state index in [9.17, 15) is 0 Å². The Kier molecular flexibility index (Phi) is 8.60. The average molecular weight is 512 g/mol. The minimum absolute atomic E-state index is 0. The highest BCUT2D eigenvalue weighted by molar-refractivity contribution is 14.0. The summed E-state index contributed by atoms with van der Waals surface area (Å²) in [5, 5.41) is 11.4. The van der Waals surface area contributed by atoms with Crippen LogP contribution in [0.25, 0.3) is 0 Å². The van der Waals surface area contributed by atoms with E-state index in [4.69, 9.17) is 4.74 Å². The van der Waals surface area contributed by atoms with Gasteiger partial charge in [-0.3, -0.25) is 9.67 Å². The summed E-state index contributed by atoms with van der Waals surface area (Å²) in [5.74, 6) is 2.33. The molecule has 160 valence electrons. The zero-order chi connectivity index (χ0) is 20.1. The Labute approximate surface area is 190 Å². The summed E-state index contributed by atoms with van der Waals surface area (Å²) < 4.78 is 7.27. The molecule has 1 aromatic heterocycles. The van der Waals surface area contributed by atoms with Crippen molar-refractivity contribution >= 4 is 35.6 Å². The average Bonchev–Trinajstić information content (AvgIpc) is 3.27. The maximum Gasteiger partial charge on any atom is 0.191 e. The molecule has 1 aromatic carbocycles. The molecule has 29 heavy (non-hydrogen) atoms. The van der Waals surface area contributed by atoms with Crippen LogP contribution in [0.4, 0.5) is 5.69 Å². The first-order valence-electron chi connectivity index (χ1n) is 9.84. The van der Waals surface area contributed by atoms with Gasteiger partial charge in [0, 0.05) is 63.3 Å². The minimum atomic E-state index is 0. The van der Waals surface area contributed by atoms with Crippen molar-refractivity contribution in [2.45, 2.75) is 26.8 Å². The van der Waals surface area contributed by atoms with E-state index in [0.29, 0.717) is 5.92 Å². The number of methoxy groups -OCH3 is 1. The van der Waals surface area contributed by atoms with Crippen molar-refractivity contribution in [2.75, 3.05) is 38.7 Å². The number of aryl methyl sites for hydroxylation is 2. The second kappa shape index (κ2) is 10.7. The van der Waals surface area contributed by atoms with Crippen LogP contribution in [0.3, 0.4) is 0 Å². The third-order valence-electron chi connectivity index (χ3n) is 5.58. The van der Waals surface area contributed by atoms with Crippen molar-refractivity contribution in [2.24, 2.45) is 18.0 Å². The van der Waals surface area contributed by atoms with Gasteiger partial charge in [0.05, 0.1) is 12.8 Å². The lowest BCUT2D eigenvalue weighted by Gasteiger charge is -2.20. The first-order valence-corrected chi connectivity index (χ1v) is 9.84. The number of anilines is 1. The van der Waals surface area contributed by atoms with E-state index in [1.54, 1.807) is 7.11 Å². The molecule has 0 bridgehead atoms. The molecule has 1 aliphatic heterocycles. The Morgan fingerprint density at radius 1 is 1.31 bits per heavy atom. The molecule has 8 heteroatoms. The van der Waals surface area contributed by atoms with Crippen LogP contribution in [0.2, 0.25) is 0 Å². The van der Waals surface area contributed by atoms with Gasteiger partial charge in [-0.1, -0.05) is 6.07 Å². The summed E-state index contributed by atoms with van der Waals surface area (Å²) in [6, 6.07) is 8.29. The van der Waals surface area contributed by atoms with E-state index in [1.165, 1.54) is 23.4 Å². The molecule has 1 atom stereocenters. The normalized spacial score (nSPS) is 16.5. The number of guanidine groups is 1. The molecule has 0 spiro atoms. The zero-order valence-corrected chi connectivity index (χ0v) is 20.4. The smallest absolute Gasteiger partial charge is 0.191 e. The molecule has 2 heterocycles. The fraction of sp³-hybridized carbons (Fsp3) is 0.524. The molecule has 0 saturated carbocycles. The van der Waals surface area contributed by atoms with Gasteiger partial charge in [0.2, 0.25) is 0 Å². The Morgan fingerprint density at radius 2 is 2.10 bits per heavy atom. The van der Waals surface area contributed by atoms with Gasteiger partial charge in [-0.05, 0) is 38.3 Å². The standard InChI is InChI=1S/C21H32N6O.HI/c1-15-20(16(2)26(4)25-15)13-24-21(22-3)23-12-17-9-10-27(14-17)18-7-6-8-19(11-18)28-5;/h6-8,11,17H,9-10,12-14H2,1-5H3,(H2,22,23,24);1H. The Hall–Kier alpha value is -1.97. The predicted octanol–water partition coefficient (Wildman–Crippen LogP) is 2.86. The summed E-state index contributed by atoms with van der Waals surface area (Å²) >= 11 is 0.